The molecule has 3 rings (SSSR count). The van der Waals surface area contributed by atoms with Gasteiger partial charge in [0.15, 0.2) is 0 Å². The SMILES string of the molecule is O=C1NC(=O)c2cc(-c3ccccc3C(=O)Cl)ccc21. The van der Waals surface area contributed by atoms with Crippen LogP contribution in [0.4, 0.5) is 0 Å². The van der Waals surface area contributed by atoms with Crippen molar-refractivity contribution in [3.8, 4) is 11.1 Å². The van der Waals surface area contributed by atoms with Crippen LogP contribution in [0.5, 0.6) is 0 Å². The Kier molecular flexibility index (Phi) is 2.88. The fraction of sp³-hybridized carbons (Fsp3) is 0. The molecule has 2 aromatic carbocycles. The van der Waals surface area contributed by atoms with Crippen molar-refractivity contribution in [2.75, 3.05) is 0 Å². The van der Waals surface area contributed by atoms with Gasteiger partial charge in [0.05, 0.1) is 11.1 Å². The number of carbonyl (C=O) groups excluding carboxylic acids is 3. The molecule has 1 N–H and O–H groups in total. The maximum atomic E-state index is 11.7. The van der Waals surface area contributed by atoms with Gasteiger partial charge in [0.25, 0.3) is 17.1 Å². The van der Waals surface area contributed by atoms with Crippen LogP contribution in [0.25, 0.3) is 11.1 Å². The Morgan fingerprint density at radius 2 is 1.60 bits per heavy atom. The molecule has 0 aliphatic carbocycles. The molecule has 1 aliphatic heterocycles. The summed E-state index contributed by atoms with van der Waals surface area (Å²) in [5.41, 5.74) is 2.30. The van der Waals surface area contributed by atoms with E-state index in [9.17, 15) is 14.4 Å². The molecular weight excluding hydrogens is 278 g/mol. The summed E-state index contributed by atoms with van der Waals surface area (Å²) in [6.45, 7) is 0. The zero-order valence-corrected chi connectivity index (χ0v) is 10.9. The average molecular weight is 286 g/mol. The van der Waals surface area contributed by atoms with Crippen LogP contribution in [0, 0.1) is 0 Å². The molecule has 0 atom stereocenters. The molecule has 0 unspecified atom stereocenters. The minimum Gasteiger partial charge on any atom is -0.288 e. The van der Waals surface area contributed by atoms with Crippen molar-refractivity contribution < 1.29 is 14.4 Å². The summed E-state index contributed by atoms with van der Waals surface area (Å²) < 4.78 is 0. The number of carbonyl (C=O) groups is 3. The lowest BCUT2D eigenvalue weighted by Crippen LogP contribution is -2.19. The molecule has 1 aliphatic rings. The normalized spacial score (nSPS) is 13.1. The smallest absolute Gasteiger partial charge is 0.258 e. The van der Waals surface area contributed by atoms with Crippen molar-refractivity contribution in [2.45, 2.75) is 0 Å². The monoisotopic (exact) mass is 285 g/mol. The summed E-state index contributed by atoms with van der Waals surface area (Å²) in [4.78, 5) is 34.6. The molecule has 5 heteroatoms. The highest BCUT2D eigenvalue weighted by Crippen LogP contribution is 2.28. The fourth-order valence-electron chi connectivity index (χ4n) is 2.24. The Morgan fingerprint density at radius 1 is 0.900 bits per heavy atom. The lowest BCUT2D eigenvalue weighted by molar-refractivity contribution is 0.0879. The van der Waals surface area contributed by atoms with E-state index in [1.807, 2.05) is 0 Å². The van der Waals surface area contributed by atoms with Gasteiger partial charge < -0.3 is 0 Å². The number of amides is 2. The molecule has 2 aromatic rings. The third-order valence-electron chi connectivity index (χ3n) is 3.19. The maximum absolute atomic E-state index is 11.7. The van der Waals surface area contributed by atoms with E-state index in [1.165, 1.54) is 0 Å². The van der Waals surface area contributed by atoms with Gasteiger partial charge in [-0.1, -0.05) is 24.3 Å². The number of hydrogen-bond acceptors (Lipinski definition) is 3. The number of rotatable bonds is 2. The topological polar surface area (TPSA) is 63.2 Å². The van der Waals surface area contributed by atoms with E-state index in [4.69, 9.17) is 11.6 Å². The lowest BCUT2D eigenvalue weighted by atomic mass is 9.97. The van der Waals surface area contributed by atoms with Crippen LogP contribution in [0.3, 0.4) is 0 Å². The first-order valence-corrected chi connectivity index (χ1v) is 6.24. The maximum Gasteiger partial charge on any atom is 0.258 e. The summed E-state index contributed by atoms with van der Waals surface area (Å²) >= 11 is 5.56. The Balaban J connectivity index is 2.18. The molecule has 1 heterocycles. The highest BCUT2D eigenvalue weighted by atomic mass is 35.5. The van der Waals surface area contributed by atoms with E-state index in [0.29, 0.717) is 27.8 Å². The molecular formula is C15H8ClNO3. The lowest BCUT2D eigenvalue weighted by Gasteiger charge is -2.07. The number of halogens is 1. The van der Waals surface area contributed by atoms with E-state index in [0.717, 1.165) is 0 Å². The van der Waals surface area contributed by atoms with E-state index in [-0.39, 0.29) is 0 Å². The Labute approximate surface area is 119 Å². The molecule has 4 nitrogen and oxygen atoms in total. The van der Waals surface area contributed by atoms with Gasteiger partial charge in [-0.2, -0.15) is 0 Å². The first kappa shape index (κ1) is 12.6. The van der Waals surface area contributed by atoms with Crippen molar-refractivity contribution in [3.63, 3.8) is 0 Å². The highest BCUT2D eigenvalue weighted by Gasteiger charge is 2.27. The molecule has 0 bridgehead atoms. The van der Waals surface area contributed by atoms with Crippen molar-refractivity contribution in [1.29, 1.82) is 0 Å². The van der Waals surface area contributed by atoms with Crippen LogP contribution in [0.15, 0.2) is 42.5 Å². The second-order valence-corrected chi connectivity index (χ2v) is 4.71. The van der Waals surface area contributed by atoms with Crippen LogP contribution in [-0.4, -0.2) is 17.1 Å². The van der Waals surface area contributed by atoms with E-state index in [2.05, 4.69) is 5.32 Å². The van der Waals surface area contributed by atoms with Crippen molar-refractivity contribution in [2.24, 2.45) is 0 Å². The first-order valence-electron chi connectivity index (χ1n) is 5.87. The summed E-state index contributed by atoms with van der Waals surface area (Å²) in [5, 5.41) is 1.66. The number of imide groups is 1. The van der Waals surface area contributed by atoms with E-state index >= 15 is 0 Å². The second-order valence-electron chi connectivity index (χ2n) is 4.36. The van der Waals surface area contributed by atoms with Crippen LogP contribution in [0.1, 0.15) is 31.1 Å². The molecule has 2 amide bonds. The van der Waals surface area contributed by atoms with Crippen molar-refractivity contribution in [1.82, 2.24) is 5.32 Å². The molecule has 0 saturated carbocycles. The number of hydrogen-bond donors (Lipinski definition) is 1. The summed E-state index contributed by atoms with van der Waals surface area (Å²) in [5.74, 6) is -0.834. The summed E-state index contributed by atoms with van der Waals surface area (Å²) in [6.07, 6.45) is 0. The number of benzene rings is 2. The van der Waals surface area contributed by atoms with Crippen molar-refractivity contribution in [3.05, 3.63) is 59.2 Å². The third-order valence-corrected chi connectivity index (χ3v) is 3.39. The zero-order valence-electron chi connectivity index (χ0n) is 10.1. The van der Waals surface area contributed by atoms with Gasteiger partial charge in [0.1, 0.15) is 0 Å². The summed E-state index contributed by atoms with van der Waals surface area (Å²) in [7, 11) is 0. The molecule has 20 heavy (non-hydrogen) atoms. The quantitative estimate of drug-likeness (QED) is 0.681. The summed E-state index contributed by atoms with van der Waals surface area (Å²) in [6, 6.07) is 11.7. The van der Waals surface area contributed by atoms with Crippen LogP contribution in [-0.2, 0) is 0 Å². The Hall–Kier alpha value is -2.46. The predicted octanol–water partition coefficient (Wildman–Crippen LogP) is 2.62. The highest BCUT2D eigenvalue weighted by molar-refractivity contribution is 6.68. The van der Waals surface area contributed by atoms with Crippen LogP contribution < -0.4 is 5.32 Å². The predicted molar refractivity (Wildman–Crippen MR) is 73.9 cm³/mol. The zero-order chi connectivity index (χ0) is 14.3. The van der Waals surface area contributed by atoms with Gasteiger partial charge in [-0.15, -0.1) is 0 Å². The standard InChI is InChI=1S/C15H8ClNO3/c16-13(18)10-4-2-1-3-9(10)8-5-6-11-12(7-8)15(20)17-14(11)19/h1-7H,(H,17,19,20). The third kappa shape index (κ3) is 1.90. The molecule has 0 saturated heterocycles. The van der Waals surface area contributed by atoms with Gasteiger partial charge in [-0.25, -0.2) is 0 Å². The van der Waals surface area contributed by atoms with E-state index < -0.39 is 17.1 Å². The van der Waals surface area contributed by atoms with Crippen LogP contribution >= 0.6 is 11.6 Å². The Bertz CT molecular complexity index is 767. The molecule has 0 aromatic heterocycles. The first-order chi connectivity index (χ1) is 9.58. The minimum atomic E-state index is -0.568. The number of nitrogens with one attached hydrogen (secondary N) is 1. The largest absolute Gasteiger partial charge is 0.288 e. The molecule has 0 radical (unpaired) electrons. The van der Waals surface area contributed by atoms with Gasteiger partial charge in [0.2, 0.25) is 0 Å². The second kappa shape index (κ2) is 4.58. The van der Waals surface area contributed by atoms with Gasteiger partial charge in [-0.3, -0.25) is 19.7 Å². The van der Waals surface area contributed by atoms with Gasteiger partial charge >= 0.3 is 0 Å². The molecule has 98 valence electrons. The number of fused-ring (bicyclic) bond motifs is 1. The van der Waals surface area contributed by atoms with Crippen LogP contribution in [0.2, 0.25) is 0 Å². The minimum absolute atomic E-state index is 0.310. The molecule has 0 spiro atoms. The molecule has 0 fully saturated rings. The fourth-order valence-corrected chi connectivity index (χ4v) is 2.41. The van der Waals surface area contributed by atoms with E-state index in [1.54, 1.807) is 42.5 Å². The Morgan fingerprint density at radius 3 is 2.35 bits per heavy atom. The van der Waals surface area contributed by atoms with Gasteiger partial charge in [-0.05, 0) is 40.9 Å². The average Bonchev–Trinajstić information content (AvgIpc) is 2.73. The van der Waals surface area contributed by atoms with Gasteiger partial charge in [0, 0.05) is 5.56 Å². The van der Waals surface area contributed by atoms with Crippen molar-refractivity contribution >= 4 is 28.7 Å².